The first-order chi connectivity index (χ1) is 19.6. The van der Waals surface area contributed by atoms with Gasteiger partial charge in [-0.15, -0.1) is 0 Å². The molecule has 218 valence electrons. The van der Waals surface area contributed by atoms with Crippen LogP contribution in [0.5, 0.6) is 17.5 Å². The maximum atomic E-state index is 13.3. The third kappa shape index (κ3) is 6.32. The quantitative estimate of drug-likeness (QED) is 0.162. The fraction of sp³-hybridized carbons (Fsp3) is 0.387. The first-order valence-electron chi connectivity index (χ1n) is 14.0. The molecule has 10 nitrogen and oxygen atoms in total. The largest absolute Gasteiger partial charge is 0.505 e. The summed E-state index contributed by atoms with van der Waals surface area (Å²) in [5, 5.41) is 39.7. The number of anilines is 2. The van der Waals surface area contributed by atoms with Crippen molar-refractivity contribution < 1.29 is 24.9 Å². The maximum absolute atomic E-state index is 13.3. The highest BCUT2D eigenvalue weighted by molar-refractivity contribution is 6.39. The zero-order chi connectivity index (χ0) is 29.7. The van der Waals surface area contributed by atoms with Gasteiger partial charge in [0.1, 0.15) is 11.4 Å². The first-order valence-corrected chi connectivity index (χ1v) is 14.0. The summed E-state index contributed by atoms with van der Waals surface area (Å²) in [6.07, 6.45) is 4.80. The Hall–Kier alpha value is -4.47. The number of aromatic nitrogens is 1. The summed E-state index contributed by atoms with van der Waals surface area (Å²) < 4.78 is 1.45. The number of rotatable bonds is 9. The molecule has 0 radical (unpaired) electrons. The molecule has 10 heteroatoms. The Morgan fingerprint density at radius 2 is 1.68 bits per heavy atom. The fourth-order valence-corrected chi connectivity index (χ4v) is 5.18. The summed E-state index contributed by atoms with van der Waals surface area (Å²) in [5.74, 6) is -1.64. The standard InChI is InChI=1S/C31H39N5O5/c1-5-23(28(38)32-19(2)20-13-8-6-9-14-20)33-25-26(31(41)36(30(25)40)21-15-10-7-11-16-21)34-24-18-12-17-22(27(24)37)29(39)35(3)4/h6,8-9,12-14,17-19,21,34,37,40-41H,5,7,10-11,15-16H2,1-4H3,(H,32,38). The van der Waals surface area contributed by atoms with E-state index in [-0.39, 0.29) is 64.4 Å². The number of nitrogens with one attached hydrogen (secondary N) is 2. The van der Waals surface area contributed by atoms with E-state index in [1.54, 1.807) is 33.2 Å². The van der Waals surface area contributed by atoms with E-state index in [0.717, 1.165) is 37.7 Å². The van der Waals surface area contributed by atoms with E-state index in [1.807, 2.05) is 37.3 Å². The van der Waals surface area contributed by atoms with Crippen LogP contribution in [-0.4, -0.2) is 56.4 Å². The van der Waals surface area contributed by atoms with Gasteiger partial charge in [0.05, 0.1) is 17.3 Å². The molecular weight excluding hydrogens is 522 g/mol. The number of phenolic OH excluding ortho intramolecular Hbond substituents is 1. The number of para-hydroxylation sites is 1. The minimum Gasteiger partial charge on any atom is -0.505 e. The van der Waals surface area contributed by atoms with Crippen molar-refractivity contribution in [3.05, 3.63) is 59.7 Å². The zero-order valence-corrected chi connectivity index (χ0v) is 24.0. The molecule has 0 aliphatic heterocycles. The van der Waals surface area contributed by atoms with Crippen LogP contribution in [0.1, 0.15) is 80.4 Å². The fourth-order valence-electron chi connectivity index (χ4n) is 5.18. The molecule has 41 heavy (non-hydrogen) atoms. The van der Waals surface area contributed by atoms with Gasteiger partial charge in [-0.25, -0.2) is 4.99 Å². The van der Waals surface area contributed by atoms with Gasteiger partial charge in [0.15, 0.2) is 11.4 Å². The molecule has 1 aliphatic rings. The summed E-state index contributed by atoms with van der Waals surface area (Å²) in [7, 11) is 3.16. The molecule has 1 aliphatic carbocycles. The minimum atomic E-state index is -0.402. The van der Waals surface area contributed by atoms with Crippen molar-refractivity contribution in [1.82, 2.24) is 14.8 Å². The van der Waals surface area contributed by atoms with Gasteiger partial charge in [-0.1, -0.05) is 62.6 Å². The Labute approximate surface area is 240 Å². The SMILES string of the molecule is CCC(=Nc1c(Nc2cccc(C(=O)N(C)C)c2O)c(O)n(C2CCCCC2)c1O)C(=O)NC(C)c1ccccc1. The first kappa shape index (κ1) is 29.5. The minimum absolute atomic E-state index is 0.0174. The molecule has 5 N–H and O–H groups in total. The van der Waals surface area contributed by atoms with E-state index in [0.29, 0.717) is 0 Å². The lowest BCUT2D eigenvalue weighted by Crippen LogP contribution is -2.32. The van der Waals surface area contributed by atoms with Gasteiger partial charge >= 0.3 is 0 Å². The molecule has 0 bridgehead atoms. The Balaban J connectivity index is 1.77. The summed E-state index contributed by atoms with van der Waals surface area (Å²) in [6.45, 7) is 3.66. The zero-order valence-electron chi connectivity index (χ0n) is 24.0. The van der Waals surface area contributed by atoms with Crippen molar-refractivity contribution in [2.24, 2.45) is 4.99 Å². The van der Waals surface area contributed by atoms with E-state index in [9.17, 15) is 24.9 Å². The number of amides is 2. The predicted octanol–water partition coefficient (Wildman–Crippen LogP) is 5.92. The molecule has 1 unspecified atom stereocenters. The number of hydrogen-bond donors (Lipinski definition) is 5. The van der Waals surface area contributed by atoms with Crippen LogP contribution in [0.2, 0.25) is 0 Å². The van der Waals surface area contributed by atoms with E-state index < -0.39 is 11.8 Å². The van der Waals surface area contributed by atoms with Gasteiger partial charge in [-0.2, -0.15) is 0 Å². The molecule has 0 saturated heterocycles. The molecule has 1 fully saturated rings. The van der Waals surface area contributed by atoms with Crippen molar-refractivity contribution in [2.45, 2.75) is 64.5 Å². The van der Waals surface area contributed by atoms with Crippen LogP contribution in [-0.2, 0) is 4.79 Å². The van der Waals surface area contributed by atoms with Gasteiger partial charge in [-0.05, 0) is 43.9 Å². The molecule has 3 aromatic rings. The van der Waals surface area contributed by atoms with E-state index in [1.165, 1.54) is 15.5 Å². The Bertz CT molecular complexity index is 1420. The van der Waals surface area contributed by atoms with Crippen LogP contribution in [0.4, 0.5) is 17.1 Å². The van der Waals surface area contributed by atoms with Crippen molar-refractivity contribution in [1.29, 1.82) is 0 Å². The molecule has 4 rings (SSSR count). The smallest absolute Gasteiger partial charge is 0.266 e. The summed E-state index contributed by atoms with van der Waals surface area (Å²) in [4.78, 5) is 31.8. The van der Waals surface area contributed by atoms with E-state index in [4.69, 9.17) is 0 Å². The highest BCUT2D eigenvalue weighted by Gasteiger charge is 2.30. The van der Waals surface area contributed by atoms with Crippen molar-refractivity contribution in [2.75, 3.05) is 19.4 Å². The molecule has 1 saturated carbocycles. The number of hydrogen-bond acceptors (Lipinski definition) is 7. The second-order valence-electron chi connectivity index (χ2n) is 10.6. The summed E-state index contributed by atoms with van der Waals surface area (Å²) in [6, 6.07) is 13.8. The monoisotopic (exact) mass is 561 g/mol. The second-order valence-corrected chi connectivity index (χ2v) is 10.6. The number of aromatic hydroxyl groups is 3. The number of phenols is 1. The number of aliphatic imine (C=N–C) groups is 1. The third-order valence-electron chi connectivity index (χ3n) is 7.49. The van der Waals surface area contributed by atoms with Gasteiger partial charge in [0, 0.05) is 20.1 Å². The molecule has 1 heterocycles. The molecule has 1 atom stereocenters. The number of benzene rings is 2. The average Bonchev–Trinajstić information content (AvgIpc) is 3.20. The summed E-state index contributed by atoms with van der Waals surface area (Å²) >= 11 is 0. The predicted molar refractivity (Wildman–Crippen MR) is 160 cm³/mol. The maximum Gasteiger partial charge on any atom is 0.266 e. The highest BCUT2D eigenvalue weighted by Crippen LogP contribution is 2.51. The Morgan fingerprint density at radius 1 is 1.00 bits per heavy atom. The lowest BCUT2D eigenvalue weighted by Gasteiger charge is -2.24. The van der Waals surface area contributed by atoms with Gasteiger partial charge in [0.2, 0.25) is 11.8 Å². The Morgan fingerprint density at radius 3 is 2.32 bits per heavy atom. The normalized spacial score (nSPS) is 14.9. The van der Waals surface area contributed by atoms with Crippen LogP contribution < -0.4 is 10.6 Å². The number of nitrogens with zero attached hydrogens (tertiary/aromatic N) is 3. The lowest BCUT2D eigenvalue weighted by atomic mass is 9.95. The van der Waals surface area contributed by atoms with Gasteiger partial charge < -0.3 is 30.9 Å². The van der Waals surface area contributed by atoms with Crippen molar-refractivity contribution in [3.8, 4) is 17.5 Å². The van der Waals surface area contributed by atoms with Crippen molar-refractivity contribution >= 4 is 34.6 Å². The molecule has 1 aromatic heterocycles. The average molecular weight is 562 g/mol. The second kappa shape index (κ2) is 12.8. The summed E-state index contributed by atoms with van der Waals surface area (Å²) in [5.41, 5.74) is 1.33. The highest BCUT2D eigenvalue weighted by atomic mass is 16.3. The van der Waals surface area contributed by atoms with E-state index in [2.05, 4.69) is 15.6 Å². The number of carbonyl (C=O) groups is 2. The van der Waals surface area contributed by atoms with Crippen LogP contribution in [0.25, 0.3) is 0 Å². The number of carbonyl (C=O) groups excluding carboxylic acids is 2. The van der Waals surface area contributed by atoms with Gasteiger partial charge in [0.25, 0.3) is 11.8 Å². The van der Waals surface area contributed by atoms with Gasteiger partial charge in [-0.3, -0.25) is 14.2 Å². The Kier molecular flexibility index (Phi) is 9.21. The molecule has 0 spiro atoms. The van der Waals surface area contributed by atoms with Crippen LogP contribution >= 0.6 is 0 Å². The molecule has 2 amide bonds. The van der Waals surface area contributed by atoms with Crippen LogP contribution in [0.15, 0.2) is 53.5 Å². The van der Waals surface area contributed by atoms with Crippen LogP contribution in [0.3, 0.4) is 0 Å². The van der Waals surface area contributed by atoms with Crippen LogP contribution in [0, 0.1) is 0 Å². The van der Waals surface area contributed by atoms with Crippen molar-refractivity contribution in [3.63, 3.8) is 0 Å². The lowest BCUT2D eigenvalue weighted by molar-refractivity contribution is -0.115. The molecular formula is C31H39N5O5. The third-order valence-corrected chi connectivity index (χ3v) is 7.49. The van der Waals surface area contributed by atoms with E-state index >= 15 is 0 Å². The molecule has 2 aromatic carbocycles. The topological polar surface area (TPSA) is 139 Å².